The summed E-state index contributed by atoms with van der Waals surface area (Å²) in [5.41, 5.74) is 1.29. The van der Waals surface area contributed by atoms with Crippen LogP contribution in [0.25, 0.3) is 0 Å². The number of rotatable bonds is 5. The Hall–Kier alpha value is -2.86. The van der Waals surface area contributed by atoms with Gasteiger partial charge in [-0.25, -0.2) is 9.97 Å². The van der Waals surface area contributed by atoms with E-state index in [1.807, 2.05) is 42.1 Å². The number of hydrogen-bond donors (Lipinski definition) is 1. The predicted molar refractivity (Wildman–Crippen MR) is 94.8 cm³/mol. The Bertz CT molecular complexity index is 877. The van der Waals surface area contributed by atoms with Gasteiger partial charge in [-0.05, 0) is 29.8 Å². The fourth-order valence-electron chi connectivity index (χ4n) is 2.50. The summed E-state index contributed by atoms with van der Waals surface area (Å²) in [6.45, 7) is 0. The van der Waals surface area contributed by atoms with Crippen LogP contribution in [0.4, 0.5) is 0 Å². The molecule has 1 amide bonds. The van der Waals surface area contributed by atoms with E-state index in [1.165, 1.54) is 6.20 Å². The van der Waals surface area contributed by atoms with Crippen LogP contribution in [0, 0.1) is 0 Å². The zero-order chi connectivity index (χ0) is 17.8. The van der Waals surface area contributed by atoms with Crippen LogP contribution in [0.2, 0.25) is 5.15 Å². The van der Waals surface area contributed by atoms with Gasteiger partial charge in [0.05, 0.1) is 12.7 Å². The van der Waals surface area contributed by atoms with Crippen molar-refractivity contribution in [1.82, 2.24) is 19.9 Å². The Morgan fingerprint density at radius 1 is 1.28 bits per heavy atom. The Morgan fingerprint density at radius 2 is 2.12 bits per heavy atom. The second-order valence-electron chi connectivity index (χ2n) is 5.45. The third-order valence-corrected chi connectivity index (χ3v) is 4.03. The summed E-state index contributed by atoms with van der Waals surface area (Å²) in [6, 6.07) is 10.3. The number of aromatic nitrogens is 3. The highest BCUT2D eigenvalue weighted by Crippen LogP contribution is 2.24. The molecular formula is C18H17ClN4O2. The van der Waals surface area contributed by atoms with Crippen LogP contribution in [-0.4, -0.2) is 27.6 Å². The minimum Gasteiger partial charge on any atom is -0.497 e. The van der Waals surface area contributed by atoms with E-state index in [1.54, 1.807) is 25.4 Å². The second-order valence-corrected chi connectivity index (χ2v) is 5.84. The lowest BCUT2D eigenvalue weighted by atomic mass is 10.0. The van der Waals surface area contributed by atoms with E-state index in [9.17, 15) is 4.79 Å². The van der Waals surface area contributed by atoms with Gasteiger partial charge < -0.3 is 14.6 Å². The Morgan fingerprint density at radius 3 is 2.76 bits per heavy atom. The van der Waals surface area contributed by atoms with Crippen molar-refractivity contribution in [2.45, 2.75) is 6.04 Å². The van der Waals surface area contributed by atoms with E-state index in [4.69, 9.17) is 16.3 Å². The summed E-state index contributed by atoms with van der Waals surface area (Å²) in [7, 11) is 3.48. The number of carbonyl (C=O) groups is 1. The highest BCUT2D eigenvalue weighted by atomic mass is 35.5. The average molecular weight is 357 g/mol. The van der Waals surface area contributed by atoms with Crippen molar-refractivity contribution in [3.05, 3.63) is 77.1 Å². The van der Waals surface area contributed by atoms with Crippen LogP contribution >= 0.6 is 11.6 Å². The quantitative estimate of drug-likeness (QED) is 0.713. The van der Waals surface area contributed by atoms with Crippen molar-refractivity contribution in [2.75, 3.05) is 7.11 Å². The van der Waals surface area contributed by atoms with Crippen molar-refractivity contribution < 1.29 is 9.53 Å². The molecule has 3 aromatic rings. The molecule has 0 fully saturated rings. The Labute approximate surface area is 150 Å². The molecule has 3 rings (SSSR count). The number of pyridine rings is 1. The number of carbonyl (C=O) groups excluding carboxylic acids is 1. The van der Waals surface area contributed by atoms with Crippen LogP contribution in [0.5, 0.6) is 5.75 Å². The summed E-state index contributed by atoms with van der Waals surface area (Å²) >= 11 is 5.78. The maximum Gasteiger partial charge on any atom is 0.253 e. The minimum absolute atomic E-state index is 0.264. The SMILES string of the molecule is COc1cccc(C(NC(=O)c2ccc(Cl)nc2)c2nccn2C)c1. The standard InChI is InChI=1S/C18H17ClN4O2/c1-23-9-8-20-17(23)16(12-4-3-5-14(10-12)25-2)22-18(24)13-6-7-15(19)21-11-13/h3-11,16H,1-2H3,(H,22,24). The largest absolute Gasteiger partial charge is 0.497 e. The van der Waals surface area contributed by atoms with E-state index >= 15 is 0 Å². The first kappa shape index (κ1) is 17.0. The third kappa shape index (κ3) is 3.80. The van der Waals surface area contributed by atoms with Crippen molar-refractivity contribution in [2.24, 2.45) is 7.05 Å². The van der Waals surface area contributed by atoms with Crippen LogP contribution in [-0.2, 0) is 7.05 Å². The normalized spacial score (nSPS) is 11.8. The Balaban J connectivity index is 1.95. The fourth-order valence-corrected chi connectivity index (χ4v) is 2.61. The highest BCUT2D eigenvalue weighted by Gasteiger charge is 2.22. The molecule has 0 spiro atoms. The van der Waals surface area contributed by atoms with E-state index < -0.39 is 6.04 Å². The highest BCUT2D eigenvalue weighted by molar-refractivity contribution is 6.29. The predicted octanol–water partition coefficient (Wildman–Crippen LogP) is 3.00. The molecule has 1 aromatic carbocycles. The van der Waals surface area contributed by atoms with Crippen LogP contribution in [0.3, 0.4) is 0 Å². The number of nitrogens with zero attached hydrogens (tertiary/aromatic N) is 3. The molecule has 1 unspecified atom stereocenters. The van der Waals surface area contributed by atoms with E-state index in [-0.39, 0.29) is 5.91 Å². The van der Waals surface area contributed by atoms with Crippen LogP contribution < -0.4 is 10.1 Å². The molecule has 1 atom stereocenters. The first-order valence-corrected chi connectivity index (χ1v) is 8.00. The third-order valence-electron chi connectivity index (χ3n) is 3.81. The lowest BCUT2D eigenvalue weighted by Gasteiger charge is -2.19. The Kier molecular flexibility index (Phi) is 5.00. The van der Waals surface area contributed by atoms with Gasteiger partial charge in [0.25, 0.3) is 5.91 Å². The zero-order valence-electron chi connectivity index (χ0n) is 13.8. The summed E-state index contributed by atoms with van der Waals surface area (Å²) in [6.07, 6.45) is 4.97. The molecule has 6 nitrogen and oxygen atoms in total. The molecule has 0 aliphatic heterocycles. The first-order valence-electron chi connectivity index (χ1n) is 7.62. The van der Waals surface area contributed by atoms with Crippen molar-refractivity contribution >= 4 is 17.5 Å². The maximum atomic E-state index is 12.6. The summed E-state index contributed by atoms with van der Waals surface area (Å²) in [4.78, 5) is 21.0. The van der Waals surface area contributed by atoms with Crippen molar-refractivity contribution in [3.63, 3.8) is 0 Å². The zero-order valence-corrected chi connectivity index (χ0v) is 14.6. The number of imidazole rings is 1. The molecule has 0 bridgehead atoms. The van der Waals surface area contributed by atoms with Gasteiger partial charge in [-0.15, -0.1) is 0 Å². The number of amides is 1. The van der Waals surface area contributed by atoms with E-state index in [0.29, 0.717) is 22.3 Å². The lowest BCUT2D eigenvalue weighted by Crippen LogP contribution is -2.31. The number of halogens is 1. The van der Waals surface area contributed by atoms with Crippen LogP contribution in [0.1, 0.15) is 27.8 Å². The minimum atomic E-state index is -0.432. The number of hydrogen-bond acceptors (Lipinski definition) is 4. The molecule has 2 heterocycles. The molecule has 0 radical (unpaired) electrons. The van der Waals surface area contributed by atoms with Gasteiger partial charge in [-0.3, -0.25) is 4.79 Å². The molecule has 0 saturated carbocycles. The van der Waals surface area contributed by atoms with Gasteiger partial charge in [0.1, 0.15) is 22.8 Å². The number of benzene rings is 1. The van der Waals surface area contributed by atoms with Gasteiger partial charge in [0, 0.05) is 25.6 Å². The lowest BCUT2D eigenvalue weighted by molar-refractivity contribution is 0.0940. The van der Waals surface area contributed by atoms with Gasteiger partial charge >= 0.3 is 0 Å². The molecule has 7 heteroatoms. The van der Waals surface area contributed by atoms with Gasteiger partial charge in [-0.2, -0.15) is 0 Å². The summed E-state index contributed by atoms with van der Waals surface area (Å²) in [5.74, 6) is 1.16. The van der Waals surface area contributed by atoms with E-state index in [2.05, 4.69) is 15.3 Å². The topological polar surface area (TPSA) is 69.0 Å². The second kappa shape index (κ2) is 7.36. The van der Waals surface area contributed by atoms with Crippen molar-refractivity contribution in [1.29, 1.82) is 0 Å². The number of nitrogens with one attached hydrogen (secondary N) is 1. The van der Waals surface area contributed by atoms with Crippen LogP contribution in [0.15, 0.2) is 55.0 Å². The molecule has 25 heavy (non-hydrogen) atoms. The molecule has 0 saturated heterocycles. The van der Waals surface area contributed by atoms with Gasteiger partial charge in [-0.1, -0.05) is 23.7 Å². The first-order chi connectivity index (χ1) is 12.1. The molecule has 0 aliphatic rings. The summed E-state index contributed by atoms with van der Waals surface area (Å²) < 4.78 is 7.16. The fraction of sp³-hybridized carbons (Fsp3) is 0.167. The monoisotopic (exact) mass is 356 g/mol. The van der Waals surface area contributed by atoms with Gasteiger partial charge in [0.2, 0.25) is 0 Å². The molecule has 1 N–H and O–H groups in total. The smallest absolute Gasteiger partial charge is 0.253 e. The molecule has 128 valence electrons. The molecule has 0 aliphatic carbocycles. The molecule has 2 aromatic heterocycles. The maximum absolute atomic E-state index is 12.6. The summed E-state index contributed by atoms with van der Waals surface area (Å²) in [5, 5.41) is 3.34. The van der Waals surface area contributed by atoms with Crippen molar-refractivity contribution in [3.8, 4) is 5.75 Å². The number of aryl methyl sites for hydroxylation is 1. The molecular weight excluding hydrogens is 340 g/mol. The van der Waals surface area contributed by atoms with E-state index in [0.717, 1.165) is 5.56 Å². The van der Waals surface area contributed by atoms with Gasteiger partial charge in [0.15, 0.2) is 0 Å². The number of ether oxygens (including phenoxy) is 1. The average Bonchev–Trinajstić information content (AvgIpc) is 3.06. The number of methoxy groups -OCH3 is 1.